The Morgan fingerprint density at radius 2 is 1.70 bits per heavy atom. The van der Waals surface area contributed by atoms with E-state index in [1.807, 2.05) is 41.3 Å². The molecule has 0 aromatic heterocycles. The fourth-order valence-corrected chi connectivity index (χ4v) is 5.18. The molecule has 1 saturated heterocycles. The average molecular weight is 498 g/mol. The van der Waals surface area contributed by atoms with Crippen LogP contribution in [-0.2, 0) is 27.2 Å². The molecule has 3 aromatic carbocycles. The Balaban J connectivity index is 1.06. The monoisotopic (exact) mass is 497 g/mol. The van der Waals surface area contributed by atoms with Gasteiger partial charge >= 0.3 is 0 Å². The fourth-order valence-electron chi connectivity index (χ4n) is 5.18. The lowest BCUT2D eigenvalue weighted by Crippen LogP contribution is -2.33. The summed E-state index contributed by atoms with van der Waals surface area (Å²) in [5.74, 6) is -0.00432. The lowest BCUT2D eigenvalue weighted by molar-refractivity contribution is -0.129. The molecular formula is C29H27N3O5. The van der Waals surface area contributed by atoms with Gasteiger partial charge in [0.1, 0.15) is 19.1 Å². The van der Waals surface area contributed by atoms with Crippen molar-refractivity contribution < 1.29 is 23.9 Å². The molecule has 1 unspecified atom stereocenters. The van der Waals surface area contributed by atoms with Crippen LogP contribution in [0.1, 0.15) is 17.5 Å². The van der Waals surface area contributed by atoms with Gasteiger partial charge in [-0.05, 0) is 54.3 Å². The summed E-state index contributed by atoms with van der Waals surface area (Å²) in [6.07, 6.45) is 1.59. The van der Waals surface area contributed by atoms with E-state index in [0.717, 1.165) is 17.7 Å². The van der Waals surface area contributed by atoms with Crippen molar-refractivity contribution >= 4 is 34.8 Å². The van der Waals surface area contributed by atoms with E-state index in [9.17, 15) is 14.4 Å². The number of hydrogen-bond acceptors (Lipinski definition) is 5. The highest BCUT2D eigenvalue weighted by Crippen LogP contribution is 2.36. The van der Waals surface area contributed by atoms with Crippen molar-refractivity contribution in [3.05, 3.63) is 77.9 Å². The van der Waals surface area contributed by atoms with Crippen molar-refractivity contribution in [1.82, 2.24) is 0 Å². The van der Waals surface area contributed by atoms with Gasteiger partial charge in [-0.3, -0.25) is 14.4 Å². The van der Waals surface area contributed by atoms with Crippen LogP contribution < -0.4 is 24.6 Å². The molecule has 3 heterocycles. The number of hydrogen-bond donors (Lipinski definition) is 1. The predicted molar refractivity (Wildman–Crippen MR) is 139 cm³/mol. The van der Waals surface area contributed by atoms with Gasteiger partial charge in [0.25, 0.3) is 0 Å². The SMILES string of the molecule is O=C(Nc1ccc(CC(=O)N2CCc3ccccc32)cc1)C1CCN(c2ccc3c(c2)OCCO3)C1=O. The van der Waals surface area contributed by atoms with Crippen LogP contribution >= 0.6 is 0 Å². The second kappa shape index (κ2) is 9.61. The zero-order chi connectivity index (χ0) is 25.4. The first-order valence-electron chi connectivity index (χ1n) is 12.6. The first-order valence-corrected chi connectivity index (χ1v) is 12.6. The quantitative estimate of drug-likeness (QED) is 0.545. The molecule has 0 saturated carbocycles. The highest BCUT2D eigenvalue weighted by molar-refractivity contribution is 6.13. The van der Waals surface area contributed by atoms with Gasteiger partial charge in [0.2, 0.25) is 17.7 Å². The third-order valence-electron chi connectivity index (χ3n) is 7.12. The first-order chi connectivity index (χ1) is 18.1. The van der Waals surface area contributed by atoms with E-state index in [1.54, 1.807) is 29.2 Å². The molecule has 8 heteroatoms. The molecule has 188 valence electrons. The molecule has 0 aliphatic carbocycles. The van der Waals surface area contributed by atoms with E-state index in [1.165, 1.54) is 5.56 Å². The minimum Gasteiger partial charge on any atom is -0.486 e. The number of nitrogens with one attached hydrogen (secondary N) is 1. The van der Waals surface area contributed by atoms with Crippen LogP contribution in [-0.4, -0.2) is 44.0 Å². The van der Waals surface area contributed by atoms with Crippen LogP contribution in [0.15, 0.2) is 66.7 Å². The normalized spacial score (nSPS) is 18.1. The third kappa shape index (κ3) is 4.50. The summed E-state index contributed by atoms with van der Waals surface area (Å²) < 4.78 is 11.2. The smallest absolute Gasteiger partial charge is 0.239 e. The molecule has 1 N–H and O–H groups in total. The molecule has 3 aliphatic heterocycles. The summed E-state index contributed by atoms with van der Waals surface area (Å²) in [5.41, 5.74) is 4.34. The van der Waals surface area contributed by atoms with Crippen molar-refractivity contribution in [2.24, 2.45) is 5.92 Å². The molecule has 3 aromatic rings. The van der Waals surface area contributed by atoms with E-state index in [-0.39, 0.29) is 24.1 Å². The molecule has 37 heavy (non-hydrogen) atoms. The maximum absolute atomic E-state index is 13.0. The molecule has 0 radical (unpaired) electrons. The zero-order valence-corrected chi connectivity index (χ0v) is 20.3. The molecule has 0 spiro atoms. The Labute approximate surface area is 214 Å². The van der Waals surface area contributed by atoms with Crippen LogP contribution in [0.2, 0.25) is 0 Å². The van der Waals surface area contributed by atoms with Crippen LogP contribution in [0.25, 0.3) is 0 Å². The standard InChI is InChI=1S/C29H27N3O5/c33-27(32-13-11-20-3-1-2-4-24(20)32)17-19-5-7-21(8-6-19)30-28(34)23-12-14-31(29(23)35)22-9-10-25-26(18-22)37-16-15-36-25/h1-10,18,23H,11-17H2,(H,30,34). The number of carbonyl (C=O) groups excluding carboxylic acids is 3. The van der Waals surface area contributed by atoms with Gasteiger partial charge in [0.15, 0.2) is 11.5 Å². The van der Waals surface area contributed by atoms with E-state index in [2.05, 4.69) is 11.4 Å². The number of para-hydroxylation sites is 1. The summed E-state index contributed by atoms with van der Waals surface area (Å²) in [6.45, 7) is 2.12. The van der Waals surface area contributed by atoms with Gasteiger partial charge in [0, 0.05) is 36.2 Å². The van der Waals surface area contributed by atoms with Crippen molar-refractivity contribution in [3.8, 4) is 11.5 Å². The lowest BCUT2D eigenvalue weighted by atomic mass is 10.1. The van der Waals surface area contributed by atoms with E-state index in [4.69, 9.17) is 9.47 Å². The van der Waals surface area contributed by atoms with E-state index >= 15 is 0 Å². The Morgan fingerprint density at radius 3 is 2.54 bits per heavy atom. The number of anilines is 3. The third-order valence-corrected chi connectivity index (χ3v) is 7.12. The second-order valence-electron chi connectivity index (χ2n) is 9.45. The molecule has 3 aliphatic rings. The summed E-state index contributed by atoms with van der Waals surface area (Å²) in [4.78, 5) is 42.3. The van der Waals surface area contributed by atoms with E-state index in [0.29, 0.717) is 55.6 Å². The largest absolute Gasteiger partial charge is 0.486 e. The van der Waals surface area contributed by atoms with Crippen LogP contribution in [0, 0.1) is 5.92 Å². The maximum Gasteiger partial charge on any atom is 0.239 e. The van der Waals surface area contributed by atoms with E-state index < -0.39 is 5.92 Å². The first kappa shape index (κ1) is 23.1. The Kier molecular flexibility index (Phi) is 6.00. The summed E-state index contributed by atoms with van der Waals surface area (Å²) in [5, 5.41) is 2.86. The molecule has 6 rings (SSSR count). The molecule has 0 bridgehead atoms. The molecule has 8 nitrogen and oxygen atoms in total. The van der Waals surface area contributed by atoms with Crippen molar-refractivity contribution in [2.45, 2.75) is 19.3 Å². The van der Waals surface area contributed by atoms with Crippen LogP contribution in [0.3, 0.4) is 0 Å². The predicted octanol–water partition coefficient (Wildman–Crippen LogP) is 3.58. The molecule has 1 fully saturated rings. The number of rotatable bonds is 5. The Bertz CT molecular complexity index is 1370. The van der Waals surface area contributed by atoms with Gasteiger partial charge < -0.3 is 24.6 Å². The van der Waals surface area contributed by atoms with Gasteiger partial charge in [-0.15, -0.1) is 0 Å². The van der Waals surface area contributed by atoms with Crippen molar-refractivity contribution in [2.75, 3.05) is 41.4 Å². The van der Waals surface area contributed by atoms with Crippen molar-refractivity contribution in [3.63, 3.8) is 0 Å². The molecule has 1 atom stereocenters. The molecular weight excluding hydrogens is 470 g/mol. The van der Waals surface area contributed by atoms with Gasteiger partial charge in [-0.25, -0.2) is 0 Å². The number of benzene rings is 3. The summed E-state index contributed by atoms with van der Waals surface area (Å²) in [7, 11) is 0. The Morgan fingerprint density at radius 1 is 0.919 bits per heavy atom. The fraction of sp³-hybridized carbons (Fsp3) is 0.276. The highest BCUT2D eigenvalue weighted by Gasteiger charge is 2.38. The minimum atomic E-state index is -0.760. The number of nitrogens with zero attached hydrogens (tertiary/aromatic N) is 2. The van der Waals surface area contributed by atoms with Crippen LogP contribution in [0.4, 0.5) is 17.1 Å². The molecule has 3 amide bonds. The van der Waals surface area contributed by atoms with Gasteiger partial charge in [-0.1, -0.05) is 30.3 Å². The summed E-state index contributed by atoms with van der Waals surface area (Å²) >= 11 is 0. The average Bonchev–Trinajstić information content (AvgIpc) is 3.53. The topological polar surface area (TPSA) is 88.2 Å². The number of carbonyl (C=O) groups is 3. The van der Waals surface area contributed by atoms with Crippen molar-refractivity contribution in [1.29, 1.82) is 0 Å². The van der Waals surface area contributed by atoms with Gasteiger partial charge in [-0.2, -0.15) is 0 Å². The summed E-state index contributed by atoms with van der Waals surface area (Å²) in [6, 6.07) is 20.6. The zero-order valence-electron chi connectivity index (χ0n) is 20.3. The van der Waals surface area contributed by atoms with Gasteiger partial charge in [0.05, 0.1) is 6.42 Å². The highest BCUT2D eigenvalue weighted by atomic mass is 16.6. The number of fused-ring (bicyclic) bond motifs is 2. The maximum atomic E-state index is 13.0. The number of amides is 3. The minimum absolute atomic E-state index is 0.0533. The Hall–Kier alpha value is -4.33. The second-order valence-corrected chi connectivity index (χ2v) is 9.45. The lowest BCUT2D eigenvalue weighted by Gasteiger charge is -2.22. The van der Waals surface area contributed by atoms with Crippen LogP contribution in [0.5, 0.6) is 11.5 Å². The number of ether oxygens (including phenoxy) is 2.